The van der Waals surface area contributed by atoms with Crippen molar-refractivity contribution in [2.24, 2.45) is 17.6 Å². The smallest absolute Gasteiger partial charge is 0.253 e. The van der Waals surface area contributed by atoms with Gasteiger partial charge in [0.05, 0.1) is 19.1 Å². The number of nitrogens with zero attached hydrogens (tertiary/aromatic N) is 1. The van der Waals surface area contributed by atoms with Crippen LogP contribution in [0, 0.1) is 11.8 Å². The lowest BCUT2D eigenvalue weighted by molar-refractivity contribution is -0.124. The van der Waals surface area contributed by atoms with Crippen molar-refractivity contribution in [2.75, 3.05) is 26.8 Å². The Kier molecular flexibility index (Phi) is 5.04. The number of ether oxygens (including phenoxy) is 2. The highest BCUT2D eigenvalue weighted by Crippen LogP contribution is 2.33. The van der Waals surface area contributed by atoms with Crippen molar-refractivity contribution in [1.82, 2.24) is 4.90 Å². The molecular weight excluding hydrogens is 308 g/mol. The second kappa shape index (κ2) is 7.21. The molecule has 24 heavy (non-hydrogen) atoms. The Labute approximate surface area is 141 Å². The second-order valence-electron chi connectivity index (χ2n) is 6.49. The Balaban J connectivity index is 1.60. The monoisotopic (exact) mass is 332 g/mol. The summed E-state index contributed by atoms with van der Waals surface area (Å²) < 4.78 is 10.9. The number of primary amides is 1. The van der Waals surface area contributed by atoms with Gasteiger partial charge < -0.3 is 20.1 Å². The van der Waals surface area contributed by atoms with Gasteiger partial charge in [0.15, 0.2) is 0 Å². The summed E-state index contributed by atoms with van der Waals surface area (Å²) in [5.41, 5.74) is 6.12. The molecule has 2 aliphatic rings. The number of carbonyl (C=O) groups is 2. The summed E-state index contributed by atoms with van der Waals surface area (Å²) in [5.74, 6) is 0.535. The minimum absolute atomic E-state index is 0.0196. The first-order chi connectivity index (χ1) is 11.6. The first kappa shape index (κ1) is 16.8. The number of hydrogen-bond donors (Lipinski definition) is 1. The molecule has 130 valence electrons. The van der Waals surface area contributed by atoms with Crippen LogP contribution in [0.15, 0.2) is 24.3 Å². The molecule has 6 nitrogen and oxygen atoms in total. The molecule has 0 unspecified atom stereocenters. The van der Waals surface area contributed by atoms with Gasteiger partial charge in [0, 0.05) is 25.3 Å². The van der Waals surface area contributed by atoms with Gasteiger partial charge in [-0.2, -0.15) is 0 Å². The Hall–Kier alpha value is -2.08. The Morgan fingerprint density at radius 2 is 2.00 bits per heavy atom. The molecule has 0 radical (unpaired) electrons. The van der Waals surface area contributed by atoms with E-state index in [1.165, 1.54) is 0 Å². The fraction of sp³-hybridized carbons (Fsp3) is 0.556. The molecule has 3 rings (SSSR count). The average Bonchev–Trinajstić information content (AvgIpc) is 3.11. The largest absolute Gasteiger partial charge is 0.497 e. The van der Waals surface area contributed by atoms with Crippen LogP contribution in [0.3, 0.4) is 0 Å². The first-order valence-corrected chi connectivity index (χ1v) is 8.44. The highest BCUT2D eigenvalue weighted by atomic mass is 16.5. The van der Waals surface area contributed by atoms with Gasteiger partial charge in [-0.3, -0.25) is 9.59 Å². The predicted molar refractivity (Wildman–Crippen MR) is 88.7 cm³/mol. The number of methoxy groups -OCH3 is 1. The van der Waals surface area contributed by atoms with Gasteiger partial charge in [-0.25, -0.2) is 0 Å². The molecule has 1 aromatic carbocycles. The highest BCUT2D eigenvalue weighted by molar-refractivity contribution is 5.94. The molecule has 2 aliphatic heterocycles. The summed E-state index contributed by atoms with van der Waals surface area (Å²) in [6, 6.07) is 7.21. The van der Waals surface area contributed by atoms with E-state index in [1.54, 1.807) is 19.2 Å². The van der Waals surface area contributed by atoms with Crippen LogP contribution in [0.1, 0.15) is 29.6 Å². The molecule has 2 N–H and O–H groups in total. The molecule has 2 saturated heterocycles. The lowest BCUT2D eigenvalue weighted by Crippen LogP contribution is -2.44. The maximum absolute atomic E-state index is 12.6. The molecule has 1 aromatic rings. The van der Waals surface area contributed by atoms with Crippen LogP contribution in [0.2, 0.25) is 0 Å². The number of carbonyl (C=O) groups excluding carboxylic acids is 2. The zero-order valence-electron chi connectivity index (χ0n) is 13.9. The van der Waals surface area contributed by atoms with Gasteiger partial charge >= 0.3 is 0 Å². The van der Waals surface area contributed by atoms with Crippen molar-refractivity contribution in [3.8, 4) is 5.75 Å². The quantitative estimate of drug-likeness (QED) is 0.904. The van der Waals surface area contributed by atoms with Crippen molar-refractivity contribution in [3.63, 3.8) is 0 Å². The van der Waals surface area contributed by atoms with Crippen LogP contribution >= 0.6 is 0 Å². The van der Waals surface area contributed by atoms with E-state index in [0.29, 0.717) is 43.3 Å². The minimum atomic E-state index is -0.271. The van der Waals surface area contributed by atoms with E-state index in [2.05, 4.69) is 0 Å². The highest BCUT2D eigenvalue weighted by Gasteiger charge is 2.39. The van der Waals surface area contributed by atoms with Gasteiger partial charge in [-0.1, -0.05) is 6.07 Å². The Morgan fingerprint density at radius 1 is 1.25 bits per heavy atom. The van der Waals surface area contributed by atoms with Gasteiger partial charge in [0.25, 0.3) is 5.91 Å². The third-order valence-electron chi connectivity index (χ3n) is 5.11. The summed E-state index contributed by atoms with van der Waals surface area (Å²) in [6.45, 7) is 1.94. The van der Waals surface area contributed by atoms with Crippen molar-refractivity contribution < 1.29 is 19.1 Å². The van der Waals surface area contributed by atoms with E-state index in [0.717, 1.165) is 12.8 Å². The lowest BCUT2D eigenvalue weighted by Gasteiger charge is -2.35. The first-order valence-electron chi connectivity index (χ1n) is 8.44. The van der Waals surface area contributed by atoms with Crippen LogP contribution in [-0.2, 0) is 9.53 Å². The zero-order chi connectivity index (χ0) is 17.1. The summed E-state index contributed by atoms with van der Waals surface area (Å²) in [5, 5.41) is 0. The summed E-state index contributed by atoms with van der Waals surface area (Å²) in [4.78, 5) is 26.0. The zero-order valence-corrected chi connectivity index (χ0v) is 13.9. The van der Waals surface area contributed by atoms with Crippen molar-refractivity contribution in [3.05, 3.63) is 29.8 Å². The van der Waals surface area contributed by atoms with Gasteiger partial charge in [0.2, 0.25) is 5.91 Å². The molecule has 6 heteroatoms. The number of likely N-dealkylation sites (tertiary alicyclic amines) is 1. The van der Waals surface area contributed by atoms with E-state index in [4.69, 9.17) is 15.2 Å². The average molecular weight is 332 g/mol. The fourth-order valence-corrected chi connectivity index (χ4v) is 3.75. The molecule has 2 fully saturated rings. The van der Waals surface area contributed by atoms with Crippen molar-refractivity contribution in [1.29, 1.82) is 0 Å². The van der Waals surface area contributed by atoms with Crippen molar-refractivity contribution >= 4 is 11.8 Å². The standard InChI is InChI=1S/C18H24N2O4/c1-23-14-4-2-3-13(11-14)18(22)20-8-5-12(6-9-20)16-15(17(19)21)7-10-24-16/h2-4,11-12,15-16H,5-10H2,1H3,(H2,19,21)/t15-,16+/m0/s1. The summed E-state index contributed by atoms with van der Waals surface area (Å²) in [7, 11) is 1.59. The van der Waals surface area contributed by atoms with E-state index < -0.39 is 0 Å². The normalized spacial score (nSPS) is 24.8. The predicted octanol–water partition coefficient (Wildman–Crippen LogP) is 1.44. The van der Waals surface area contributed by atoms with E-state index in [9.17, 15) is 9.59 Å². The van der Waals surface area contributed by atoms with Gasteiger partial charge in [-0.15, -0.1) is 0 Å². The third-order valence-corrected chi connectivity index (χ3v) is 5.11. The molecule has 0 aliphatic carbocycles. The maximum Gasteiger partial charge on any atom is 0.253 e. The molecular formula is C18H24N2O4. The van der Waals surface area contributed by atoms with Crippen LogP contribution in [0.4, 0.5) is 0 Å². The second-order valence-corrected chi connectivity index (χ2v) is 6.49. The number of hydrogen-bond acceptors (Lipinski definition) is 4. The summed E-state index contributed by atoms with van der Waals surface area (Å²) >= 11 is 0. The molecule has 2 atom stereocenters. The SMILES string of the molecule is COc1cccc(C(=O)N2CCC([C@H]3OCC[C@@H]3C(N)=O)CC2)c1. The van der Waals surface area contributed by atoms with E-state index in [-0.39, 0.29) is 23.8 Å². The summed E-state index contributed by atoms with van der Waals surface area (Å²) in [6.07, 6.45) is 2.30. The number of piperidine rings is 1. The molecule has 2 amide bonds. The van der Waals surface area contributed by atoms with E-state index >= 15 is 0 Å². The van der Waals surface area contributed by atoms with Crippen LogP contribution < -0.4 is 10.5 Å². The lowest BCUT2D eigenvalue weighted by atomic mass is 9.84. The molecule has 0 spiro atoms. The third kappa shape index (κ3) is 3.38. The van der Waals surface area contributed by atoms with Gasteiger partial charge in [0.1, 0.15) is 5.75 Å². The molecule has 2 heterocycles. The Morgan fingerprint density at radius 3 is 2.67 bits per heavy atom. The minimum Gasteiger partial charge on any atom is -0.497 e. The van der Waals surface area contributed by atoms with Crippen LogP contribution in [0.5, 0.6) is 5.75 Å². The molecule has 0 aromatic heterocycles. The van der Waals surface area contributed by atoms with Gasteiger partial charge in [-0.05, 0) is 43.4 Å². The topological polar surface area (TPSA) is 81.9 Å². The van der Waals surface area contributed by atoms with Crippen LogP contribution in [0.25, 0.3) is 0 Å². The number of nitrogens with two attached hydrogens (primary N) is 1. The molecule has 0 saturated carbocycles. The van der Waals surface area contributed by atoms with Crippen molar-refractivity contribution in [2.45, 2.75) is 25.4 Å². The maximum atomic E-state index is 12.6. The number of benzene rings is 1. The van der Waals surface area contributed by atoms with Crippen LogP contribution in [-0.4, -0.2) is 49.6 Å². The number of rotatable bonds is 4. The Bertz CT molecular complexity index is 611. The molecule has 0 bridgehead atoms. The van der Waals surface area contributed by atoms with E-state index in [1.807, 2.05) is 17.0 Å². The fourth-order valence-electron chi connectivity index (χ4n) is 3.75. The number of amides is 2.